The minimum atomic E-state index is -4.07. The number of amides is 1. The van der Waals surface area contributed by atoms with Crippen molar-refractivity contribution < 1.29 is 13.2 Å². The molecule has 0 fully saturated rings. The van der Waals surface area contributed by atoms with Crippen LogP contribution in [0.1, 0.15) is 11.1 Å². The van der Waals surface area contributed by atoms with Crippen molar-refractivity contribution in [3.63, 3.8) is 0 Å². The highest BCUT2D eigenvalue weighted by Gasteiger charge is 2.29. The summed E-state index contributed by atoms with van der Waals surface area (Å²) < 4.78 is 27.6. The smallest absolute Gasteiger partial charge is 0.264 e. The van der Waals surface area contributed by atoms with E-state index < -0.39 is 22.5 Å². The number of halogens is 2. The predicted octanol–water partition coefficient (Wildman–Crippen LogP) is 5.44. The zero-order valence-electron chi connectivity index (χ0n) is 16.4. The van der Waals surface area contributed by atoms with Gasteiger partial charge in [0.1, 0.15) is 6.54 Å². The minimum absolute atomic E-state index is 0.0419. The molecule has 0 saturated carbocycles. The number of carbonyl (C=O) groups excluding carboxylic acids is 1. The van der Waals surface area contributed by atoms with Crippen molar-refractivity contribution in [3.05, 3.63) is 87.9 Å². The maximum Gasteiger partial charge on any atom is 0.264 e. The van der Waals surface area contributed by atoms with E-state index in [1.165, 1.54) is 18.2 Å². The lowest BCUT2D eigenvalue weighted by molar-refractivity contribution is -0.114. The van der Waals surface area contributed by atoms with Gasteiger partial charge < -0.3 is 5.32 Å². The number of sulfonamides is 1. The molecular formula is C22H20Cl2N2O3S. The summed E-state index contributed by atoms with van der Waals surface area (Å²) in [6.45, 7) is 3.37. The third-order valence-electron chi connectivity index (χ3n) is 4.32. The van der Waals surface area contributed by atoms with Crippen LogP contribution in [0.25, 0.3) is 0 Å². The van der Waals surface area contributed by atoms with Gasteiger partial charge in [0.15, 0.2) is 0 Å². The van der Waals surface area contributed by atoms with Crippen molar-refractivity contribution in [2.24, 2.45) is 0 Å². The highest BCUT2D eigenvalue weighted by Crippen LogP contribution is 2.35. The number of hydrogen-bond donors (Lipinski definition) is 1. The molecule has 30 heavy (non-hydrogen) atoms. The van der Waals surface area contributed by atoms with Crippen LogP contribution < -0.4 is 9.62 Å². The summed E-state index contributed by atoms with van der Waals surface area (Å²) in [5.41, 5.74) is 2.68. The fourth-order valence-corrected chi connectivity index (χ4v) is 4.98. The van der Waals surface area contributed by atoms with Crippen LogP contribution in [-0.4, -0.2) is 20.9 Å². The van der Waals surface area contributed by atoms with Crippen LogP contribution >= 0.6 is 23.2 Å². The lowest BCUT2D eigenvalue weighted by atomic mass is 10.1. The summed E-state index contributed by atoms with van der Waals surface area (Å²) in [4.78, 5) is 12.8. The van der Waals surface area contributed by atoms with Crippen LogP contribution in [0.4, 0.5) is 11.4 Å². The van der Waals surface area contributed by atoms with Gasteiger partial charge in [0.25, 0.3) is 10.0 Å². The molecule has 3 aromatic carbocycles. The standard InChI is InChI=1S/C22H20Cl2N2O3S/c1-15-11-16(2)13-17(12-15)25-21(27)14-26(20-10-6-9-19(23)22(20)24)30(28,29)18-7-4-3-5-8-18/h3-13H,14H2,1-2H3,(H,25,27). The van der Waals surface area contributed by atoms with Crippen molar-refractivity contribution in [3.8, 4) is 0 Å². The summed E-state index contributed by atoms with van der Waals surface area (Å²) in [6, 6.07) is 18.1. The second-order valence-corrected chi connectivity index (χ2v) is 9.47. The van der Waals surface area contributed by atoms with Crippen LogP contribution in [0.15, 0.2) is 71.6 Å². The van der Waals surface area contributed by atoms with Crippen molar-refractivity contribution in [1.82, 2.24) is 0 Å². The van der Waals surface area contributed by atoms with Gasteiger partial charge in [-0.1, -0.05) is 53.5 Å². The van der Waals surface area contributed by atoms with Gasteiger partial charge in [0.05, 0.1) is 20.6 Å². The number of rotatable bonds is 6. The molecule has 1 N–H and O–H groups in total. The molecule has 0 unspecified atom stereocenters. The fraction of sp³-hybridized carbons (Fsp3) is 0.136. The molecule has 156 valence electrons. The van der Waals surface area contributed by atoms with Crippen molar-refractivity contribution >= 4 is 50.5 Å². The van der Waals surface area contributed by atoms with Crippen LogP contribution in [0.5, 0.6) is 0 Å². The maximum absolute atomic E-state index is 13.3. The molecule has 0 aliphatic carbocycles. The monoisotopic (exact) mass is 462 g/mol. The van der Waals surface area contributed by atoms with Gasteiger partial charge in [-0.25, -0.2) is 8.42 Å². The predicted molar refractivity (Wildman–Crippen MR) is 122 cm³/mol. The molecule has 0 aliphatic rings. The molecule has 0 radical (unpaired) electrons. The number of hydrogen-bond acceptors (Lipinski definition) is 3. The SMILES string of the molecule is Cc1cc(C)cc(NC(=O)CN(c2cccc(Cl)c2Cl)S(=O)(=O)c2ccccc2)c1. The normalized spacial score (nSPS) is 11.2. The molecule has 0 aromatic heterocycles. The number of nitrogens with zero attached hydrogens (tertiary/aromatic N) is 1. The number of carbonyl (C=O) groups is 1. The van der Waals surface area contributed by atoms with Crippen LogP contribution in [0.2, 0.25) is 10.0 Å². The molecule has 8 heteroatoms. The summed E-state index contributed by atoms with van der Waals surface area (Å²) in [5.74, 6) is -0.504. The van der Waals surface area contributed by atoms with E-state index in [-0.39, 0.29) is 20.6 Å². The second kappa shape index (κ2) is 9.08. The number of aryl methyl sites for hydroxylation is 2. The molecule has 1 amide bonds. The summed E-state index contributed by atoms with van der Waals surface area (Å²) in [7, 11) is -4.07. The fourth-order valence-electron chi connectivity index (χ4n) is 3.08. The largest absolute Gasteiger partial charge is 0.324 e. The summed E-state index contributed by atoms with van der Waals surface area (Å²) in [6.07, 6.45) is 0. The summed E-state index contributed by atoms with van der Waals surface area (Å²) in [5, 5.41) is 3.01. The van der Waals surface area contributed by atoms with E-state index in [4.69, 9.17) is 23.2 Å². The first kappa shape index (κ1) is 22.2. The third-order valence-corrected chi connectivity index (χ3v) is 6.91. The highest BCUT2D eigenvalue weighted by atomic mass is 35.5. The molecule has 3 rings (SSSR count). The van der Waals surface area contributed by atoms with Gasteiger partial charge in [-0.3, -0.25) is 9.10 Å². The van der Waals surface area contributed by atoms with Gasteiger partial charge in [-0.05, 0) is 61.4 Å². The molecule has 0 atom stereocenters. The molecule has 3 aromatic rings. The lowest BCUT2D eigenvalue weighted by Crippen LogP contribution is -2.38. The van der Waals surface area contributed by atoms with Gasteiger partial charge in [0.2, 0.25) is 5.91 Å². The van der Waals surface area contributed by atoms with E-state index in [9.17, 15) is 13.2 Å². The van der Waals surface area contributed by atoms with E-state index in [2.05, 4.69) is 5.32 Å². The van der Waals surface area contributed by atoms with E-state index in [0.717, 1.165) is 15.4 Å². The first-order valence-electron chi connectivity index (χ1n) is 9.08. The molecular weight excluding hydrogens is 443 g/mol. The first-order chi connectivity index (χ1) is 14.2. The Morgan fingerprint density at radius 2 is 1.57 bits per heavy atom. The molecule has 5 nitrogen and oxygen atoms in total. The Morgan fingerprint density at radius 3 is 2.20 bits per heavy atom. The average Bonchev–Trinajstić information content (AvgIpc) is 2.68. The van der Waals surface area contributed by atoms with E-state index in [0.29, 0.717) is 5.69 Å². The molecule has 0 aliphatic heterocycles. The van der Waals surface area contributed by atoms with E-state index >= 15 is 0 Å². The van der Waals surface area contributed by atoms with Crippen LogP contribution in [-0.2, 0) is 14.8 Å². The molecule has 0 bridgehead atoms. The van der Waals surface area contributed by atoms with E-state index in [1.807, 2.05) is 32.0 Å². The Bertz CT molecular complexity index is 1160. The third kappa shape index (κ3) is 4.95. The van der Waals surface area contributed by atoms with Crippen LogP contribution in [0, 0.1) is 13.8 Å². The zero-order valence-corrected chi connectivity index (χ0v) is 18.7. The zero-order chi connectivity index (χ0) is 21.9. The van der Waals surface area contributed by atoms with Crippen molar-refractivity contribution in [1.29, 1.82) is 0 Å². The number of benzene rings is 3. The second-order valence-electron chi connectivity index (χ2n) is 6.82. The maximum atomic E-state index is 13.3. The van der Waals surface area contributed by atoms with Gasteiger partial charge >= 0.3 is 0 Å². The van der Waals surface area contributed by atoms with Crippen molar-refractivity contribution in [2.45, 2.75) is 18.7 Å². The summed E-state index contributed by atoms with van der Waals surface area (Å²) >= 11 is 12.4. The van der Waals surface area contributed by atoms with Gasteiger partial charge in [0, 0.05) is 5.69 Å². The molecule has 0 heterocycles. The van der Waals surface area contributed by atoms with Crippen LogP contribution in [0.3, 0.4) is 0 Å². The molecule has 0 saturated heterocycles. The topological polar surface area (TPSA) is 66.5 Å². The Morgan fingerprint density at radius 1 is 0.933 bits per heavy atom. The average molecular weight is 463 g/mol. The Balaban J connectivity index is 1.99. The number of nitrogens with one attached hydrogen (secondary N) is 1. The van der Waals surface area contributed by atoms with Gasteiger partial charge in [-0.15, -0.1) is 0 Å². The van der Waals surface area contributed by atoms with Crippen molar-refractivity contribution in [2.75, 3.05) is 16.2 Å². The Kier molecular flexibility index (Phi) is 6.71. The minimum Gasteiger partial charge on any atom is -0.324 e. The first-order valence-corrected chi connectivity index (χ1v) is 11.3. The quantitative estimate of drug-likeness (QED) is 0.529. The highest BCUT2D eigenvalue weighted by molar-refractivity contribution is 7.92. The van der Waals surface area contributed by atoms with Gasteiger partial charge in [-0.2, -0.15) is 0 Å². The number of anilines is 2. The molecule has 0 spiro atoms. The van der Waals surface area contributed by atoms with E-state index in [1.54, 1.807) is 30.3 Å². The Hall–Kier alpha value is -2.54. The lowest BCUT2D eigenvalue weighted by Gasteiger charge is -2.25. The Labute approximate surface area is 186 Å².